The summed E-state index contributed by atoms with van der Waals surface area (Å²) in [6.07, 6.45) is 2.25. The third-order valence-corrected chi connectivity index (χ3v) is 3.51. The van der Waals surface area contributed by atoms with Gasteiger partial charge in [0.1, 0.15) is 0 Å². The minimum atomic E-state index is 0. The molecule has 0 bridgehead atoms. The van der Waals surface area contributed by atoms with Crippen molar-refractivity contribution in [3.05, 3.63) is 35.4 Å². The summed E-state index contributed by atoms with van der Waals surface area (Å²) in [5.74, 6) is 0.136. The van der Waals surface area contributed by atoms with Crippen molar-refractivity contribution in [2.75, 3.05) is 20.1 Å². The highest BCUT2D eigenvalue weighted by molar-refractivity contribution is 5.95. The zero-order valence-electron chi connectivity index (χ0n) is 11.0. The third-order valence-electron chi connectivity index (χ3n) is 3.51. The molecule has 1 aromatic rings. The van der Waals surface area contributed by atoms with Crippen LogP contribution in [0.2, 0.25) is 0 Å². The summed E-state index contributed by atoms with van der Waals surface area (Å²) < 4.78 is 0. The predicted molar refractivity (Wildman–Crippen MR) is 76.4 cm³/mol. The Morgan fingerprint density at radius 2 is 2.11 bits per heavy atom. The van der Waals surface area contributed by atoms with Gasteiger partial charge in [-0.25, -0.2) is 0 Å². The molecule has 1 saturated heterocycles. The highest BCUT2D eigenvalue weighted by Gasteiger charge is 2.23. The molecule has 18 heavy (non-hydrogen) atoms. The molecule has 0 aliphatic carbocycles. The van der Waals surface area contributed by atoms with E-state index in [9.17, 15) is 4.79 Å². The Morgan fingerprint density at radius 3 is 2.72 bits per heavy atom. The van der Waals surface area contributed by atoms with E-state index in [1.165, 1.54) is 0 Å². The van der Waals surface area contributed by atoms with E-state index in [0.29, 0.717) is 6.04 Å². The monoisotopic (exact) mass is 268 g/mol. The first-order valence-electron chi connectivity index (χ1n) is 6.23. The van der Waals surface area contributed by atoms with Crippen LogP contribution in [0.3, 0.4) is 0 Å². The summed E-state index contributed by atoms with van der Waals surface area (Å²) in [5.41, 5.74) is 1.87. The average molecular weight is 269 g/mol. The fourth-order valence-corrected chi connectivity index (χ4v) is 2.33. The van der Waals surface area contributed by atoms with Crippen LogP contribution < -0.4 is 5.32 Å². The number of carbonyl (C=O) groups is 1. The Morgan fingerprint density at radius 1 is 1.39 bits per heavy atom. The largest absolute Gasteiger partial charge is 0.337 e. The van der Waals surface area contributed by atoms with Gasteiger partial charge in [-0.3, -0.25) is 4.79 Å². The number of rotatable bonds is 2. The summed E-state index contributed by atoms with van der Waals surface area (Å²) in [6, 6.07) is 8.11. The number of hydrogen-bond acceptors (Lipinski definition) is 2. The van der Waals surface area contributed by atoms with Crippen LogP contribution in [0.1, 0.15) is 28.8 Å². The zero-order chi connectivity index (χ0) is 12.3. The number of carbonyl (C=O) groups excluding carboxylic acids is 1. The Kier molecular flexibility index (Phi) is 5.63. The Labute approximate surface area is 115 Å². The molecule has 0 aromatic heterocycles. The van der Waals surface area contributed by atoms with E-state index in [4.69, 9.17) is 0 Å². The molecule has 1 N–H and O–H groups in total. The van der Waals surface area contributed by atoms with Crippen LogP contribution in [0.15, 0.2) is 24.3 Å². The molecule has 1 fully saturated rings. The second kappa shape index (κ2) is 6.76. The number of amides is 1. The summed E-state index contributed by atoms with van der Waals surface area (Å²) in [5, 5.41) is 3.34. The molecule has 4 heteroatoms. The summed E-state index contributed by atoms with van der Waals surface area (Å²) >= 11 is 0. The molecule has 1 aliphatic heterocycles. The van der Waals surface area contributed by atoms with Crippen LogP contribution >= 0.6 is 12.4 Å². The first-order chi connectivity index (χ1) is 8.20. The molecule has 1 aromatic carbocycles. The minimum Gasteiger partial charge on any atom is -0.337 e. The van der Waals surface area contributed by atoms with Crippen molar-refractivity contribution in [1.82, 2.24) is 10.2 Å². The number of likely N-dealkylation sites (N-methyl/N-ethyl adjacent to an activating group) is 1. The lowest BCUT2D eigenvalue weighted by Gasteiger charge is -2.32. The first-order valence-corrected chi connectivity index (χ1v) is 6.23. The third kappa shape index (κ3) is 3.24. The number of piperidine rings is 1. The number of aryl methyl sites for hydroxylation is 1. The molecule has 0 radical (unpaired) electrons. The standard InChI is InChI=1S/C14H20N2O.ClH/c1-11-6-3-4-8-13(11)14(17)16(2)12-7-5-9-15-10-12;/h3-4,6,8,12,15H,5,7,9-10H2,1-2H3;1H/t12-;/m0./s1. The average Bonchev–Trinajstić information content (AvgIpc) is 2.39. The van der Waals surface area contributed by atoms with Gasteiger partial charge in [0, 0.05) is 25.2 Å². The maximum atomic E-state index is 12.4. The van der Waals surface area contributed by atoms with E-state index in [-0.39, 0.29) is 18.3 Å². The SMILES string of the molecule is Cc1ccccc1C(=O)N(C)[C@H]1CCCNC1.Cl. The van der Waals surface area contributed by atoms with E-state index < -0.39 is 0 Å². The van der Waals surface area contributed by atoms with Crippen molar-refractivity contribution in [1.29, 1.82) is 0 Å². The Balaban J connectivity index is 0.00000162. The van der Waals surface area contributed by atoms with Gasteiger partial charge >= 0.3 is 0 Å². The topological polar surface area (TPSA) is 32.3 Å². The van der Waals surface area contributed by atoms with Crippen molar-refractivity contribution in [3.63, 3.8) is 0 Å². The van der Waals surface area contributed by atoms with Gasteiger partial charge in [0.05, 0.1) is 0 Å². The lowest BCUT2D eigenvalue weighted by atomic mass is 10.0. The maximum Gasteiger partial charge on any atom is 0.254 e. The molecule has 1 amide bonds. The fourth-order valence-electron chi connectivity index (χ4n) is 2.33. The van der Waals surface area contributed by atoms with E-state index in [2.05, 4.69) is 5.32 Å². The van der Waals surface area contributed by atoms with E-state index in [0.717, 1.165) is 37.1 Å². The molecule has 0 saturated carbocycles. The molecular weight excluding hydrogens is 248 g/mol. The lowest BCUT2D eigenvalue weighted by molar-refractivity contribution is 0.0707. The quantitative estimate of drug-likeness (QED) is 0.892. The van der Waals surface area contributed by atoms with Crippen LogP contribution in [-0.4, -0.2) is 37.0 Å². The second-order valence-electron chi connectivity index (χ2n) is 4.73. The van der Waals surface area contributed by atoms with Crippen LogP contribution in [0.5, 0.6) is 0 Å². The molecule has 0 spiro atoms. The van der Waals surface area contributed by atoms with Crippen molar-refractivity contribution < 1.29 is 4.79 Å². The van der Waals surface area contributed by atoms with Crippen molar-refractivity contribution in [2.24, 2.45) is 0 Å². The lowest BCUT2D eigenvalue weighted by Crippen LogP contribution is -2.46. The number of benzene rings is 1. The molecule has 3 nitrogen and oxygen atoms in total. The fraction of sp³-hybridized carbons (Fsp3) is 0.500. The summed E-state index contributed by atoms with van der Waals surface area (Å²) in [4.78, 5) is 14.2. The van der Waals surface area contributed by atoms with Gasteiger partial charge in [0.15, 0.2) is 0 Å². The zero-order valence-corrected chi connectivity index (χ0v) is 11.8. The highest BCUT2D eigenvalue weighted by atomic mass is 35.5. The Bertz CT molecular complexity index is 403. The van der Waals surface area contributed by atoms with E-state index in [1.54, 1.807) is 0 Å². The molecular formula is C14H21ClN2O. The smallest absolute Gasteiger partial charge is 0.254 e. The van der Waals surface area contributed by atoms with Crippen LogP contribution in [0.25, 0.3) is 0 Å². The van der Waals surface area contributed by atoms with E-state index >= 15 is 0 Å². The van der Waals surface area contributed by atoms with Gasteiger partial charge < -0.3 is 10.2 Å². The molecule has 2 rings (SSSR count). The van der Waals surface area contributed by atoms with Crippen molar-refractivity contribution in [3.8, 4) is 0 Å². The summed E-state index contributed by atoms with van der Waals surface area (Å²) in [7, 11) is 1.91. The highest BCUT2D eigenvalue weighted by Crippen LogP contribution is 2.15. The van der Waals surface area contributed by atoms with Crippen LogP contribution in [-0.2, 0) is 0 Å². The normalized spacial score (nSPS) is 18.9. The second-order valence-corrected chi connectivity index (χ2v) is 4.73. The number of halogens is 1. The molecule has 1 aliphatic rings. The van der Waals surface area contributed by atoms with Gasteiger partial charge in [0.25, 0.3) is 5.91 Å². The number of nitrogens with zero attached hydrogens (tertiary/aromatic N) is 1. The van der Waals surface area contributed by atoms with Gasteiger partial charge in [-0.05, 0) is 37.9 Å². The number of hydrogen-bond donors (Lipinski definition) is 1. The number of nitrogens with one attached hydrogen (secondary N) is 1. The van der Waals surface area contributed by atoms with Crippen molar-refractivity contribution >= 4 is 18.3 Å². The van der Waals surface area contributed by atoms with E-state index in [1.807, 2.05) is 43.1 Å². The van der Waals surface area contributed by atoms with Gasteiger partial charge in [0.2, 0.25) is 0 Å². The summed E-state index contributed by atoms with van der Waals surface area (Å²) in [6.45, 7) is 3.97. The predicted octanol–water partition coefficient (Wildman–Crippen LogP) is 2.24. The van der Waals surface area contributed by atoms with Gasteiger partial charge in [-0.2, -0.15) is 0 Å². The van der Waals surface area contributed by atoms with Crippen LogP contribution in [0, 0.1) is 6.92 Å². The van der Waals surface area contributed by atoms with Gasteiger partial charge in [-0.1, -0.05) is 18.2 Å². The molecule has 1 heterocycles. The molecule has 100 valence electrons. The van der Waals surface area contributed by atoms with Crippen molar-refractivity contribution in [2.45, 2.75) is 25.8 Å². The molecule has 1 atom stereocenters. The Hall–Kier alpha value is -1.06. The first kappa shape index (κ1) is 15.0. The molecule has 0 unspecified atom stereocenters. The van der Waals surface area contributed by atoms with Crippen LogP contribution in [0.4, 0.5) is 0 Å². The van der Waals surface area contributed by atoms with Gasteiger partial charge in [-0.15, -0.1) is 12.4 Å². The minimum absolute atomic E-state index is 0. The maximum absolute atomic E-state index is 12.4.